The van der Waals surface area contributed by atoms with E-state index in [-0.39, 0.29) is 23.2 Å². The van der Waals surface area contributed by atoms with Gasteiger partial charge in [-0.2, -0.15) is 0 Å². The molecule has 1 rings (SSSR count). The maximum atomic E-state index is 11.8. The Kier molecular flexibility index (Phi) is 5.69. The van der Waals surface area contributed by atoms with Crippen LogP contribution in [-0.4, -0.2) is 17.2 Å². The van der Waals surface area contributed by atoms with Gasteiger partial charge in [0.15, 0.2) is 0 Å². The maximum absolute atomic E-state index is 11.8. The highest BCUT2D eigenvalue weighted by Gasteiger charge is 2.14. The number of nitrogens with one attached hydrogen (secondary N) is 1. The molecule has 0 heterocycles. The first-order chi connectivity index (χ1) is 8.40. The predicted molar refractivity (Wildman–Crippen MR) is 77.6 cm³/mol. The van der Waals surface area contributed by atoms with Crippen molar-refractivity contribution in [3.05, 3.63) is 29.8 Å². The first-order valence-corrected chi connectivity index (χ1v) is 7.10. The fourth-order valence-electron chi connectivity index (χ4n) is 1.51. The summed E-state index contributed by atoms with van der Waals surface area (Å²) in [6, 6.07) is 8.29. The molecule has 2 unspecified atom stereocenters. The summed E-state index contributed by atoms with van der Waals surface area (Å²) < 4.78 is 0. The Bertz CT molecular complexity index is 387. The first-order valence-electron chi connectivity index (χ1n) is 6.22. The molecule has 0 saturated carbocycles. The van der Waals surface area contributed by atoms with Gasteiger partial charge in [-0.1, -0.05) is 12.1 Å². The highest BCUT2D eigenvalue weighted by atomic mass is 32.2. The van der Waals surface area contributed by atoms with E-state index in [1.54, 1.807) is 11.8 Å². The zero-order chi connectivity index (χ0) is 13.7. The van der Waals surface area contributed by atoms with Gasteiger partial charge in [0.25, 0.3) is 0 Å². The van der Waals surface area contributed by atoms with E-state index in [0.717, 1.165) is 10.5 Å². The number of hydrogen-bond acceptors (Lipinski definition) is 3. The lowest BCUT2D eigenvalue weighted by molar-refractivity contribution is -0.120. The molecular weight excluding hydrogens is 244 g/mol. The average Bonchev–Trinajstić information content (AvgIpc) is 2.28. The van der Waals surface area contributed by atoms with Crippen molar-refractivity contribution in [2.24, 2.45) is 5.73 Å². The molecule has 0 spiro atoms. The molecule has 0 radical (unpaired) electrons. The summed E-state index contributed by atoms with van der Waals surface area (Å²) in [4.78, 5) is 12.9. The fraction of sp³-hybridized carbons (Fsp3) is 0.500. The van der Waals surface area contributed by atoms with Gasteiger partial charge < -0.3 is 11.1 Å². The fourth-order valence-corrected chi connectivity index (χ4v) is 2.39. The Balaban J connectivity index is 2.59. The van der Waals surface area contributed by atoms with Crippen LogP contribution in [0.25, 0.3) is 0 Å². The number of amides is 1. The van der Waals surface area contributed by atoms with Crippen LogP contribution in [0.2, 0.25) is 0 Å². The van der Waals surface area contributed by atoms with Crippen LogP contribution >= 0.6 is 11.8 Å². The van der Waals surface area contributed by atoms with Crippen molar-refractivity contribution in [1.29, 1.82) is 0 Å². The molecule has 1 aromatic rings. The van der Waals surface area contributed by atoms with Gasteiger partial charge in [-0.05, 0) is 45.4 Å². The lowest BCUT2D eigenvalue weighted by atomic mass is 10.1. The smallest absolute Gasteiger partial charge is 0.233 e. The van der Waals surface area contributed by atoms with Gasteiger partial charge in [-0.3, -0.25) is 4.79 Å². The zero-order valence-electron chi connectivity index (χ0n) is 11.4. The van der Waals surface area contributed by atoms with Gasteiger partial charge in [-0.15, -0.1) is 11.8 Å². The average molecular weight is 266 g/mol. The van der Waals surface area contributed by atoms with E-state index in [1.807, 2.05) is 52.0 Å². The van der Waals surface area contributed by atoms with E-state index in [4.69, 9.17) is 5.73 Å². The molecule has 0 bridgehead atoms. The molecule has 0 saturated heterocycles. The van der Waals surface area contributed by atoms with Gasteiger partial charge in [0.05, 0.1) is 5.25 Å². The van der Waals surface area contributed by atoms with Crippen molar-refractivity contribution in [1.82, 2.24) is 5.32 Å². The van der Waals surface area contributed by atoms with Crippen molar-refractivity contribution in [3.8, 4) is 0 Å². The summed E-state index contributed by atoms with van der Waals surface area (Å²) in [5.74, 6) is 0.0752. The largest absolute Gasteiger partial charge is 0.353 e. The van der Waals surface area contributed by atoms with Crippen LogP contribution < -0.4 is 11.1 Å². The normalized spacial score (nSPS) is 14.3. The minimum Gasteiger partial charge on any atom is -0.353 e. The lowest BCUT2D eigenvalue weighted by Crippen LogP contribution is -2.35. The number of carbonyl (C=O) groups excluding carboxylic acids is 1. The molecule has 1 amide bonds. The molecule has 100 valence electrons. The second-order valence-corrected chi connectivity index (χ2v) is 6.20. The third kappa shape index (κ3) is 4.70. The number of hydrogen-bond donors (Lipinski definition) is 2. The van der Waals surface area contributed by atoms with Gasteiger partial charge in [0.2, 0.25) is 5.91 Å². The van der Waals surface area contributed by atoms with E-state index in [9.17, 15) is 4.79 Å². The Hall–Kier alpha value is -1.00. The minimum atomic E-state index is -0.0893. The third-order valence-electron chi connectivity index (χ3n) is 2.52. The minimum absolute atomic E-state index is 0.0470. The second-order valence-electron chi connectivity index (χ2n) is 4.78. The van der Waals surface area contributed by atoms with E-state index in [2.05, 4.69) is 5.32 Å². The molecule has 3 nitrogen and oxygen atoms in total. The van der Waals surface area contributed by atoms with Crippen molar-refractivity contribution >= 4 is 17.7 Å². The molecule has 0 aromatic heterocycles. The van der Waals surface area contributed by atoms with Gasteiger partial charge in [-0.25, -0.2) is 0 Å². The summed E-state index contributed by atoms with van der Waals surface area (Å²) in [5.41, 5.74) is 6.91. The van der Waals surface area contributed by atoms with Crippen LogP contribution in [0.15, 0.2) is 29.2 Å². The first kappa shape index (κ1) is 15.1. The molecular formula is C14H22N2OS. The number of rotatable bonds is 5. The topological polar surface area (TPSA) is 55.1 Å². The Labute approximate surface area is 114 Å². The summed E-state index contributed by atoms with van der Waals surface area (Å²) in [6.45, 7) is 7.81. The molecule has 0 aliphatic heterocycles. The van der Waals surface area contributed by atoms with Crippen LogP contribution in [0.3, 0.4) is 0 Å². The highest BCUT2D eigenvalue weighted by Crippen LogP contribution is 2.24. The van der Waals surface area contributed by atoms with Crippen LogP contribution in [-0.2, 0) is 4.79 Å². The summed E-state index contributed by atoms with van der Waals surface area (Å²) >= 11 is 1.56. The summed E-state index contributed by atoms with van der Waals surface area (Å²) in [5, 5.41) is 2.82. The molecule has 0 aliphatic rings. The monoisotopic (exact) mass is 266 g/mol. The lowest BCUT2D eigenvalue weighted by Gasteiger charge is -2.14. The van der Waals surface area contributed by atoms with Crippen LogP contribution in [0, 0.1) is 0 Å². The number of carbonyl (C=O) groups is 1. The Morgan fingerprint density at radius 3 is 2.17 bits per heavy atom. The quantitative estimate of drug-likeness (QED) is 0.806. The van der Waals surface area contributed by atoms with Gasteiger partial charge >= 0.3 is 0 Å². The predicted octanol–water partition coefficient (Wildman–Crippen LogP) is 2.71. The van der Waals surface area contributed by atoms with Crippen molar-refractivity contribution in [2.45, 2.75) is 49.9 Å². The van der Waals surface area contributed by atoms with Crippen LogP contribution in [0.4, 0.5) is 0 Å². The van der Waals surface area contributed by atoms with Crippen molar-refractivity contribution in [3.63, 3.8) is 0 Å². The second kappa shape index (κ2) is 6.81. The molecule has 1 aromatic carbocycles. The highest BCUT2D eigenvalue weighted by molar-refractivity contribution is 8.00. The summed E-state index contributed by atoms with van der Waals surface area (Å²) in [6.07, 6.45) is 0. The summed E-state index contributed by atoms with van der Waals surface area (Å²) in [7, 11) is 0. The van der Waals surface area contributed by atoms with Crippen LogP contribution in [0.5, 0.6) is 0 Å². The van der Waals surface area contributed by atoms with E-state index < -0.39 is 0 Å². The van der Waals surface area contributed by atoms with Crippen molar-refractivity contribution < 1.29 is 4.79 Å². The standard InChI is InChI=1S/C14H22N2OS/c1-9(2)16-14(17)11(4)18-13-7-5-12(6-8-13)10(3)15/h5-11H,15H2,1-4H3,(H,16,17). The number of thioether (sulfide) groups is 1. The molecule has 2 atom stereocenters. The van der Waals surface area contributed by atoms with Gasteiger partial charge in [0, 0.05) is 17.0 Å². The SMILES string of the molecule is CC(C)NC(=O)C(C)Sc1ccc(C(C)N)cc1. The molecule has 4 heteroatoms. The zero-order valence-corrected chi connectivity index (χ0v) is 12.3. The van der Waals surface area contributed by atoms with E-state index in [1.165, 1.54) is 0 Å². The van der Waals surface area contributed by atoms with Crippen LogP contribution in [0.1, 0.15) is 39.3 Å². The third-order valence-corrected chi connectivity index (χ3v) is 3.63. The Morgan fingerprint density at radius 1 is 1.17 bits per heavy atom. The van der Waals surface area contributed by atoms with Gasteiger partial charge in [0.1, 0.15) is 0 Å². The van der Waals surface area contributed by atoms with E-state index in [0.29, 0.717) is 0 Å². The molecule has 3 N–H and O–H groups in total. The molecule has 0 fully saturated rings. The Morgan fingerprint density at radius 2 is 1.72 bits per heavy atom. The van der Waals surface area contributed by atoms with Crippen molar-refractivity contribution in [2.75, 3.05) is 0 Å². The maximum Gasteiger partial charge on any atom is 0.233 e. The molecule has 0 aliphatic carbocycles. The number of benzene rings is 1. The number of nitrogens with two attached hydrogens (primary N) is 1. The molecule has 18 heavy (non-hydrogen) atoms. The van der Waals surface area contributed by atoms with E-state index >= 15 is 0 Å².